The molecular weight excluding hydrogens is 200 g/mol. The van der Waals surface area contributed by atoms with Gasteiger partial charge in [0.05, 0.1) is 6.42 Å². The SMILES string of the molecule is C=CCCNC(=O)NC(=O)CCC(=O)O. The zero-order chi connectivity index (χ0) is 11.7. The van der Waals surface area contributed by atoms with Crippen molar-refractivity contribution >= 4 is 17.9 Å². The van der Waals surface area contributed by atoms with Gasteiger partial charge in [-0.1, -0.05) is 6.08 Å². The molecule has 0 bridgehead atoms. The highest BCUT2D eigenvalue weighted by Crippen LogP contribution is 1.88. The van der Waals surface area contributed by atoms with Gasteiger partial charge in [-0.2, -0.15) is 0 Å². The van der Waals surface area contributed by atoms with Crippen LogP contribution < -0.4 is 10.6 Å². The van der Waals surface area contributed by atoms with E-state index < -0.39 is 17.9 Å². The average Bonchev–Trinajstić information content (AvgIpc) is 2.15. The van der Waals surface area contributed by atoms with Crippen LogP contribution in [-0.4, -0.2) is 29.6 Å². The summed E-state index contributed by atoms with van der Waals surface area (Å²) >= 11 is 0. The van der Waals surface area contributed by atoms with E-state index in [1.54, 1.807) is 6.08 Å². The van der Waals surface area contributed by atoms with E-state index in [1.165, 1.54) is 0 Å². The first-order chi connectivity index (χ1) is 7.06. The van der Waals surface area contributed by atoms with Crippen LogP contribution in [0.15, 0.2) is 12.7 Å². The molecule has 0 aliphatic heterocycles. The van der Waals surface area contributed by atoms with Crippen molar-refractivity contribution < 1.29 is 19.5 Å². The summed E-state index contributed by atoms with van der Waals surface area (Å²) in [6, 6.07) is -0.618. The number of carboxylic acid groups (broad SMARTS) is 1. The fourth-order valence-corrected chi connectivity index (χ4v) is 0.742. The maximum atomic E-state index is 10.9. The lowest BCUT2D eigenvalue weighted by Crippen LogP contribution is -2.39. The Labute approximate surface area is 87.3 Å². The summed E-state index contributed by atoms with van der Waals surface area (Å²) < 4.78 is 0. The van der Waals surface area contributed by atoms with E-state index in [9.17, 15) is 14.4 Å². The first-order valence-electron chi connectivity index (χ1n) is 4.46. The maximum Gasteiger partial charge on any atom is 0.321 e. The maximum absolute atomic E-state index is 10.9. The Morgan fingerprint density at radius 3 is 2.47 bits per heavy atom. The Morgan fingerprint density at radius 1 is 1.27 bits per heavy atom. The van der Waals surface area contributed by atoms with Gasteiger partial charge in [0.2, 0.25) is 5.91 Å². The third kappa shape index (κ3) is 8.48. The monoisotopic (exact) mass is 214 g/mol. The number of carbonyl (C=O) groups excluding carboxylic acids is 2. The van der Waals surface area contributed by atoms with Gasteiger partial charge < -0.3 is 10.4 Å². The quantitative estimate of drug-likeness (QED) is 0.436. The highest BCUT2D eigenvalue weighted by Gasteiger charge is 2.08. The molecule has 0 unspecified atom stereocenters. The van der Waals surface area contributed by atoms with Crippen molar-refractivity contribution in [3.63, 3.8) is 0 Å². The summed E-state index contributed by atoms with van der Waals surface area (Å²) in [6.07, 6.45) is 1.75. The van der Waals surface area contributed by atoms with E-state index in [0.717, 1.165) is 0 Å². The summed E-state index contributed by atoms with van der Waals surface area (Å²) in [5, 5.41) is 12.7. The molecule has 0 aromatic heterocycles. The molecule has 15 heavy (non-hydrogen) atoms. The molecule has 0 aromatic rings. The van der Waals surface area contributed by atoms with Crippen molar-refractivity contribution in [3.05, 3.63) is 12.7 Å². The Hall–Kier alpha value is -1.85. The van der Waals surface area contributed by atoms with Crippen molar-refractivity contribution in [1.29, 1.82) is 0 Å². The van der Waals surface area contributed by atoms with Gasteiger partial charge in [0.1, 0.15) is 0 Å². The van der Waals surface area contributed by atoms with Crippen molar-refractivity contribution in [2.45, 2.75) is 19.3 Å². The summed E-state index contributed by atoms with van der Waals surface area (Å²) in [5.41, 5.74) is 0. The predicted octanol–water partition coefficient (Wildman–Crippen LogP) is 0.253. The van der Waals surface area contributed by atoms with Crippen molar-refractivity contribution in [1.82, 2.24) is 10.6 Å². The number of imide groups is 1. The number of hydrogen-bond acceptors (Lipinski definition) is 3. The molecule has 0 spiro atoms. The van der Waals surface area contributed by atoms with Gasteiger partial charge in [-0.25, -0.2) is 4.79 Å². The number of nitrogens with one attached hydrogen (secondary N) is 2. The van der Waals surface area contributed by atoms with Gasteiger partial charge in [0, 0.05) is 13.0 Å². The van der Waals surface area contributed by atoms with Crippen LogP contribution in [0.3, 0.4) is 0 Å². The fraction of sp³-hybridized carbons (Fsp3) is 0.444. The first-order valence-corrected chi connectivity index (χ1v) is 4.46. The van der Waals surface area contributed by atoms with Crippen LogP contribution in [0.1, 0.15) is 19.3 Å². The van der Waals surface area contributed by atoms with Crippen LogP contribution in [0.4, 0.5) is 4.79 Å². The number of urea groups is 1. The molecule has 0 aromatic carbocycles. The number of hydrogen-bond donors (Lipinski definition) is 3. The summed E-state index contributed by atoms with van der Waals surface area (Å²) in [5.74, 6) is -1.68. The predicted molar refractivity (Wildman–Crippen MR) is 53.2 cm³/mol. The second kappa shape index (κ2) is 7.54. The summed E-state index contributed by atoms with van der Waals surface area (Å²) in [6.45, 7) is 3.85. The van der Waals surface area contributed by atoms with E-state index in [-0.39, 0.29) is 12.8 Å². The molecule has 0 aliphatic carbocycles. The number of aliphatic carboxylic acids is 1. The van der Waals surface area contributed by atoms with Gasteiger partial charge >= 0.3 is 12.0 Å². The third-order valence-corrected chi connectivity index (χ3v) is 1.45. The molecule has 0 saturated carbocycles. The van der Waals surface area contributed by atoms with Crippen LogP contribution >= 0.6 is 0 Å². The van der Waals surface area contributed by atoms with Crippen LogP contribution in [0.25, 0.3) is 0 Å². The van der Waals surface area contributed by atoms with Crippen molar-refractivity contribution in [2.75, 3.05) is 6.54 Å². The van der Waals surface area contributed by atoms with E-state index >= 15 is 0 Å². The molecule has 6 heteroatoms. The lowest BCUT2D eigenvalue weighted by molar-refractivity contribution is -0.138. The lowest BCUT2D eigenvalue weighted by Gasteiger charge is -2.04. The topological polar surface area (TPSA) is 95.5 Å². The zero-order valence-electron chi connectivity index (χ0n) is 8.28. The molecule has 0 rings (SSSR count). The molecule has 0 atom stereocenters. The molecule has 84 valence electrons. The molecular formula is C9H14N2O4. The van der Waals surface area contributed by atoms with Crippen molar-refractivity contribution in [3.8, 4) is 0 Å². The van der Waals surface area contributed by atoms with E-state index in [0.29, 0.717) is 13.0 Å². The second-order valence-electron chi connectivity index (χ2n) is 2.78. The number of amides is 3. The van der Waals surface area contributed by atoms with Gasteiger partial charge in [-0.15, -0.1) is 6.58 Å². The summed E-state index contributed by atoms with van der Waals surface area (Å²) in [4.78, 5) is 32.0. The van der Waals surface area contributed by atoms with Crippen LogP contribution in [0, 0.1) is 0 Å². The van der Waals surface area contributed by atoms with E-state index in [2.05, 4.69) is 11.9 Å². The molecule has 3 amide bonds. The number of rotatable bonds is 6. The Balaban J connectivity index is 3.62. The first kappa shape index (κ1) is 13.2. The van der Waals surface area contributed by atoms with E-state index in [4.69, 9.17) is 5.11 Å². The van der Waals surface area contributed by atoms with Crippen LogP contribution in [-0.2, 0) is 9.59 Å². The van der Waals surface area contributed by atoms with Gasteiger partial charge in [0.25, 0.3) is 0 Å². The highest BCUT2D eigenvalue weighted by molar-refractivity contribution is 5.95. The Bertz CT molecular complexity index is 263. The molecule has 0 radical (unpaired) electrons. The number of carboxylic acids is 1. The van der Waals surface area contributed by atoms with Gasteiger partial charge in [-0.3, -0.25) is 14.9 Å². The molecule has 0 saturated heterocycles. The minimum atomic E-state index is -1.07. The van der Waals surface area contributed by atoms with Crippen molar-refractivity contribution in [2.24, 2.45) is 0 Å². The molecule has 6 nitrogen and oxygen atoms in total. The highest BCUT2D eigenvalue weighted by atomic mass is 16.4. The third-order valence-electron chi connectivity index (χ3n) is 1.45. The smallest absolute Gasteiger partial charge is 0.321 e. The molecule has 0 heterocycles. The van der Waals surface area contributed by atoms with Gasteiger partial charge in [0.15, 0.2) is 0 Å². The minimum absolute atomic E-state index is 0.204. The normalized spacial score (nSPS) is 9.07. The van der Waals surface area contributed by atoms with Crippen LogP contribution in [0.2, 0.25) is 0 Å². The van der Waals surface area contributed by atoms with Gasteiger partial charge in [-0.05, 0) is 6.42 Å². The molecule has 0 fully saturated rings. The summed E-state index contributed by atoms with van der Waals surface area (Å²) in [7, 11) is 0. The number of carbonyl (C=O) groups is 3. The molecule has 0 aliphatic rings. The molecule has 3 N–H and O–H groups in total. The van der Waals surface area contributed by atoms with E-state index in [1.807, 2.05) is 5.32 Å². The Kier molecular flexibility index (Phi) is 6.61. The Morgan fingerprint density at radius 2 is 1.93 bits per heavy atom. The fourth-order valence-electron chi connectivity index (χ4n) is 0.742. The zero-order valence-corrected chi connectivity index (χ0v) is 8.28. The standard InChI is InChI=1S/C9H14N2O4/c1-2-3-6-10-9(15)11-7(12)4-5-8(13)14/h2H,1,3-6H2,(H,13,14)(H2,10,11,12,15). The lowest BCUT2D eigenvalue weighted by atomic mass is 10.3. The average molecular weight is 214 g/mol. The largest absolute Gasteiger partial charge is 0.481 e. The minimum Gasteiger partial charge on any atom is -0.481 e. The van der Waals surface area contributed by atoms with Crippen LogP contribution in [0.5, 0.6) is 0 Å². The second-order valence-corrected chi connectivity index (χ2v) is 2.78.